The van der Waals surface area contributed by atoms with Crippen molar-refractivity contribution in [1.29, 1.82) is 0 Å². The van der Waals surface area contributed by atoms with E-state index >= 15 is 0 Å². The zero-order valence-electron chi connectivity index (χ0n) is 9.21. The van der Waals surface area contributed by atoms with Crippen LogP contribution in [0.3, 0.4) is 0 Å². The highest BCUT2D eigenvalue weighted by molar-refractivity contribution is 7.25. The van der Waals surface area contributed by atoms with Crippen molar-refractivity contribution < 1.29 is 14.1 Å². The molecular weight excluding hydrogens is 199 g/mol. The van der Waals surface area contributed by atoms with Crippen molar-refractivity contribution in [1.82, 2.24) is 0 Å². The molecule has 0 aliphatic rings. The first-order valence-electron chi connectivity index (χ1n) is 5.02. The van der Waals surface area contributed by atoms with Gasteiger partial charge in [0.25, 0.3) is 0 Å². The summed E-state index contributed by atoms with van der Waals surface area (Å²) in [5, 5.41) is -0.316. The SMILES string of the molecule is CCCCOC(=O)CCC(C)(C)P=O. The van der Waals surface area contributed by atoms with Gasteiger partial charge in [0, 0.05) is 11.6 Å². The van der Waals surface area contributed by atoms with Crippen molar-refractivity contribution in [3.63, 3.8) is 0 Å². The normalized spacial score (nSPS) is 11.6. The van der Waals surface area contributed by atoms with Gasteiger partial charge in [-0.3, -0.25) is 9.36 Å². The van der Waals surface area contributed by atoms with Crippen molar-refractivity contribution in [2.45, 2.75) is 51.6 Å². The zero-order chi connectivity index (χ0) is 11.0. The molecule has 14 heavy (non-hydrogen) atoms. The van der Waals surface area contributed by atoms with Crippen molar-refractivity contribution in [3.05, 3.63) is 0 Å². The van der Waals surface area contributed by atoms with Gasteiger partial charge in [0.1, 0.15) is 0 Å². The molecule has 0 unspecified atom stereocenters. The zero-order valence-corrected chi connectivity index (χ0v) is 10.1. The van der Waals surface area contributed by atoms with E-state index in [0.717, 1.165) is 12.8 Å². The smallest absolute Gasteiger partial charge is 0.305 e. The van der Waals surface area contributed by atoms with Gasteiger partial charge in [0.2, 0.25) is 0 Å². The lowest BCUT2D eigenvalue weighted by atomic mass is 10.1. The number of rotatable bonds is 7. The molecule has 0 saturated heterocycles. The van der Waals surface area contributed by atoms with Crippen LogP contribution < -0.4 is 0 Å². The van der Waals surface area contributed by atoms with Crippen molar-refractivity contribution in [2.24, 2.45) is 0 Å². The van der Waals surface area contributed by atoms with Crippen molar-refractivity contribution in [2.75, 3.05) is 6.61 Å². The Morgan fingerprint density at radius 3 is 2.57 bits per heavy atom. The minimum atomic E-state index is -0.316. The lowest BCUT2D eigenvalue weighted by Crippen LogP contribution is -2.14. The molecule has 0 aliphatic heterocycles. The molecule has 0 heterocycles. The van der Waals surface area contributed by atoms with Crippen LogP contribution in [0.1, 0.15) is 46.5 Å². The maximum absolute atomic E-state index is 11.2. The molecule has 0 saturated carbocycles. The second-order valence-corrected chi connectivity index (χ2v) is 5.37. The van der Waals surface area contributed by atoms with Crippen LogP contribution in [0.4, 0.5) is 0 Å². The number of hydrogen-bond acceptors (Lipinski definition) is 3. The highest BCUT2D eigenvalue weighted by atomic mass is 31.1. The lowest BCUT2D eigenvalue weighted by Gasteiger charge is -2.13. The van der Waals surface area contributed by atoms with Crippen LogP contribution in [0.15, 0.2) is 0 Å². The molecule has 0 aliphatic carbocycles. The Bertz CT molecular complexity index is 190. The Kier molecular flexibility index (Phi) is 6.73. The van der Waals surface area contributed by atoms with Gasteiger partial charge in [0.15, 0.2) is 8.46 Å². The average Bonchev–Trinajstić information content (AvgIpc) is 2.16. The molecule has 0 spiro atoms. The second kappa shape index (κ2) is 6.94. The summed E-state index contributed by atoms with van der Waals surface area (Å²) in [4.78, 5) is 11.2. The fourth-order valence-corrected chi connectivity index (χ4v) is 1.06. The third-order valence-corrected chi connectivity index (χ3v) is 2.67. The van der Waals surface area contributed by atoms with Crippen LogP contribution in [0.25, 0.3) is 0 Å². The van der Waals surface area contributed by atoms with E-state index in [2.05, 4.69) is 0 Å². The molecule has 0 atom stereocenters. The first-order valence-corrected chi connectivity index (χ1v) is 5.83. The fourth-order valence-electron chi connectivity index (χ4n) is 0.856. The first-order chi connectivity index (χ1) is 6.52. The Balaban J connectivity index is 3.58. The maximum Gasteiger partial charge on any atom is 0.305 e. The molecule has 0 fully saturated rings. The van der Waals surface area contributed by atoms with Gasteiger partial charge in [-0.15, -0.1) is 0 Å². The monoisotopic (exact) mass is 218 g/mol. The second-order valence-electron chi connectivity index (χ2n) is 3.98. The quantitative estimate of drug-likeness (QED) is 0.374. The predicted octanol–water partition coefficient (Wildman–Crippen LogP) is 3.18. The molecule has 0 radical (unpaired) electrons. The van der Waals surface area contributed by atoms with Crippen LogP contribution >= 0.6 is 8.46 Å². The molecule has 0 aromatic carbocycles. The van der Waals surface area contributed by atoms with Gasteiger partial charge in [-0.1, -0.05) is 13.3 Å². The molecule has 4 heteroatoms. The number of hydrogen-bond donors (Lipinski definition) is 0. The summed E-state index contributed by atoms with van der Waals surface area (Å²) in [6.45, 7) is 6.28. The Hall–Kier alpha value is -0.430. The highest BCUT2D eigenvalue weighted by Crippen LogP contribution is 2.27. The molecule has 3 nitrogen and oxygen atoms in total. The number of carbonyl (C=O) groups is 1. The molecule has 0 aromatic heterocycles. The number of ether oxygens (including phenoxy) is 1. The number of unbranched alkanes of at least 4 members (excludes halogenated alkanes) is 1. The number of carbonyl (C=O) groups excluding carboxylic acids is 1. The molecular formula is C10H19O3P. The summed E-state index contributed by atoms with van der Waals surface area (Å²) >= 11 is 0. The largest absolute Gasteiger partial charge is 0.466 e. The molecule has 0 rings (SSSR count). The van der Waals surface area contributed by atoms with Crippen LogP contribution in [0.2, 0.25) is 0 Å². The standard InChI is InChI=1S/C10H19O3P/c1-4-5-8-13-9(11)6-7-10(2,3)14-12/h4-8H2,1-3H3. The van der Waals surface area contributed by atoms with E-state index in [1.807, 2.05) is 20.8 Å². The molecule has 0 aromatic rings. The van der Waals surface area contributed by atoms with Crippen molar-refractivity contribution >= 4 is 14.4 Å². The Morgan fingerprint density at radius 1 is 1.43 bits per heavy atom. The molecule has 0 amide bonds. The average molecular weight is 218 g/mol. The summed E-state index contributed by atoms with van der Waals surface area (Å²) in [5.74, 6) is -0.185. The topological polar surface area (TPSA) is 43.4 Å². The van der Waals surface area contributed by atoms with E-state index in [1.165, 1.54) is 0 Å². The van der Waals surface area contributed by atoms with E-state index < -0.39 is 0 Å². The number of esters is 1. The molecule has 0 N–H and O–H groups in total. The Labute approximate surface area is 87.4 Å². The summed E-state index contributed by atoms with van der Waals surface area (Å²) in [6, 6.07) is 0. The third kappa shape index (κ3) is 7.02. The Morgan fingerprint density at radius 2 is 2.07 bits per heavy atom. The van der Waals surface area contributed by atoms with E-state index in [1.54, 1.807) is 0 Å². The van der Waals surface area contributed by atoms with E-state index in [-0.39, 0.29) is 19.6 Å². The predicted molar refractivity (Wildman–Crippen MR) is 56.8 cm³/mol. The summed E-state index contributed by atoms with van der Waals surface area (Å²) in [7, 11) is 0.0841. The lowest BCUT2D eigenvalue weighted by molar-refractivity contribution is -0.144. The highest BCUT2D eigenvalue weighted by Gasteiger charge is 2.19. The van der Waals surface area contributed by atoms with E-state index in [0.29, 0.717) is 19.4 Å². The van der Waals surface area contributed by atoms with Crippen LogP contribution in [0.5, 0.6) is 0 Å². The first kappa shape index (κ1) is 13.6. The minimum absolute atomic E-state index is 0.0841. The fraction of sp³-hybridized carbons (Fsp3) is 0.900. The van der Waals surface area contributed by atoms with Crippen molar-refractivity contribution in [3.8, 4) is 0 Å². The van der Waals surface area contributed by atoms with Crippen LogP contribution in [0, 0.1) is 0 Å². The molecule has 82 valence electrons. The molecule has 0 bridgehead atoms. The summed E-state index contributed by atoms with van der Waals surface area (Å²) in [6.07, 6.45) is 2.89. The van der Waals surface area contributed by atoms with Gasteiger partial charge < -0.3 is 4.74 Å². The van der Waals surface area contributed by atoms with Gasteiger partial charge >= 0.3 is 5.97 Å². The van der Waals surface area contributed by atoms with E-state index in [9.17, 15) is 9.36 Å². The van der Waals surface area contributed by atoms with E-state index in [4.69, 9.17) is 4.74 Å². The van der Waals surface area contributed by atoms with Gasteiger partial charge in [-0.25, -0.2) is 0 Å². The van der Waals surface area contributed by atoms with Gasteiger partial charge in [-0.2, -0.15) is 0 Å². The minimum Gasteiger partial charge on any atom is -0.466 e. The summed E-state index contributed by atoms with van der Waals surface area (Å²) in [5.41, 5.74) is 0. The van der Waals surface area contributed by atoms with Crippen LogP contribution in [-0.4, -0.2) is 17.7 Å². The van der Waals surface area contributed by atoms with Gasteiger partial charge in [-0.05, 0) is 26.7 Å². The maximum atomic E-state index is 11.2. The van der Waals surface area contributed by atoms with Crippen LogP contribution in [-0.2, 0) is 14.1 Å². The van der Waals surface area contributed by atoms with Gasteiger partial charge in [0.05, 0.1) is 6.61 Å². The summed E-state index contributed by atoms with van der Waals surface area (Å²) < 4.78 is 15.6. The third-order valence-electron chi connectivity index (χ3n) is 1.95.